The number of nitriles is 1. The van der Waals surface area contributed by atoms with Crippen LogP contribution in [0, 0.1) is 11.3 Å². The summed E-state index contributed by atoms with van der Waals surface area (Å²) < 4.78 is 10.8. The molecule has 0 saturated carbocycles. The summed E-state index contributed by atoms with van der Waals surface area (Å²) in [6, 6.07) is 5.55. The largest absolute Gasteiger partial charge is 0.456 e. The molecule has 0 saturated heterocycles. The predicted octanol–water partition coefficient (Wildman–Crippen LogP) is 2.50. The topological polar surface area (TPSA) is 98.2 Å². The number of pyridine rings is 1. The van der Waals surface area contributed by atoms with E-state index in [1.54, 1.807) is 52.2 Å². The van der Waals surface area contributed by atoms with Gasteiger partial charge in [-0.15, -0.1) is 0 Å². The lowest BCUT2D eigenvalue weighted by Gasteiger charge is -2.29. The van der Waals surface area contributed by atoms with E-state index in [0.717, 1.165) is 0 Å². The van der Waals surface area contributed by atoms with Crippen molar-refractivity contribution in [2.75, 3.05) is 0 Å². The average Bonchev–Trinajstić information content (AvgIpc) is 2.45. The summed E-state index contributed by atoms with van der Waals surface area (Å²) in [4.78, 5) is 16.7. The Hall–Kier alpha value is -2.81. The molecule has 0 aliphatic carbocycles. The third-order valence-electron chi connectivity index (χ3n) is 3.24. The molecule has 2 N–H and O–H groups in total. The zero-order valence-corrected chi connectivity index (χ0v) is 13.6. The molecule has 23 heavy (non-hydrogen) atoms. The van der Waals surface area contributed by atoms with Crippen LogP contribution in [0.25, 0.3) is 0 Å². The molecule has 0 bridgehead atoms. The third-order valence-corrected chi connectivity index (χ3v) is 3.24. The number of allylic oxidation sites excluding steroid dienone is 2. The molecule has 1 aliphatic rings. The lowest BCUT2D eigenvalue weighted by atomic mass is 9.84. The highest BCUT2D eigenvalue weighted by molar-refractivity contribution is 5.92. The third kappa shape index (κ3) is 3.51. The number of aromatic nitrogens is 1. The van der Waals surface area contributed by atoms with Crippen LogP contribution in [0.5, 0.6) is 0 Å². The van der Waals surface area contributed by atoms with Gasteiger partial charge in [0.25, 0.3) is 0 Å². The fraction of sp³-hybridized carbons (Fsp3) is 0.353. The van der Waals surface area contributed by atoms with Crippen LogP contribution < -0.4 is 5.73 Å². The summed E-state index contributed by atoms with van der Waals surface area (Å²) in [6.45, 7) is 6.96. The number of nitrogens with two attached hydrogens (primary N) is 1. The minimum absolute atomic E-state index is 0.00818. The van der Waals surface area contributed by atoms with Crippen molar-refractivity contribution in [3.8, 4) is 6.07 Å². The maximum Gasteiger partial charge on any atom is 0.338 e. The van der Waals surface area contributed by atoms with Gasteiger partial charge in [0.05, 0.1) is 11.5 Å². The van der Waals surface area contributed by atoms with E-state index in [4.69, 9.17) is 15.2 Å². The molecule has 1 aromatic heterocycles. The Labute approximate surface area is 135 Å². The highest BCUT2D eigenvalue weighted by atomic mass is 16.6. The van der Waals surface area contributed by atoms with Crippen molar-refractivity contribution in [2.24, 2.45) is 5.73 Å². The Morgan fingerprint density at radius 3 is 2.70 bits per heavy atom. The first kappa shape index (κ1) is 16.6. The highest BCUT2D eigenvalue weighted by Crippen LogP contribution is 2.39. The van der Waals surface area contributed by atoms with Crippen molar-refractivity contribution in [1.29, 1.82) is 5.26 Å². The number of nitrogens with zero attached hydrogens (tertiary/aromatic N) is 2. The first-order valence-electron chi connectivity index (χ1n) is 7.16. The maximum atomic E-state index is 12.6. The van der Waals surface area contributed by atoms with E-state index >= 15 is 0 Å². The highest BCUT2D eigenvalue weighted by Gasteiger charge is 2.37. The van der Waals surface area contributed by atoms with Gasteiger partial charge in [-0.3, -0.25) is 4.98 Å². The van der Waals surface area contributed by atoms with Gasteiger partial charge in [0.15, 0.2) is 0 Å². The van der Waals surface area contributed by atoms with Gasteiger partial charge >= 0.3 is 5.97 Å². The van der Waals surface area contributed by atoms with Gasteiger partial charge < -0.3 is 15.2 Å². The van der Waals surface area contributed by atoms with Gasteiger partial charge in [0.1, 0.15) is 23.0 Å². The molecule has 1 atom stereocenters. The van der Waals surface area contributed by atoms with E-state index in [0.29, 0.717) is 11.3 Å². The molecule has 1 aliphatic heterocycles. The maximum absolute atomic E-state index is 12.6. The molecule has 6 heteroatoms. The Morgan fingerprint density at radius 1 is 1.48 bits per heavy atom. The fourth-order valence-corrected chi connectivity index (χ4v) is 2.36. The number of carbonyl (C=O) groups is 1. The summed E-state index contributed by atoms with van der Waals surface area (Å²) in [5, 5.41) is 9.45. The van der Waals surface area contributed by atoms with E-state index in [9.17, 15) is 10.1 Å². The predicted molar refractivity (Wildman–Crippen MR) is 83.4 cm³/mol. The SMILES string of the molecule is CC1=C(C(=O)OC(C)(C)C)[C@@H](c2cccnc2)C(C#N)=C(N)O1. The van der Waals surface area contributed by atoms with Crippen LogP contribution in [0.2, 0.25) is 0 Å². The van der Waals surface area contributed by atoms with Crippen LogP contribution in [0.1, 0.15) is 39.2 Å². The number of carbonyl (C=O) groups excluding carboxylic acids is 1. The smallest absolute Gasteiger partial charge is 0.338 e. The number of hydrogen-bond donors (Lipinski definition) is 1. The second-order valence-electron chi connectivity index (χ2n) is 6.18. The van der Waals surface area contributed by atoms with Crippen molar-refractivity contribution in [1.82, 2.24) is 4.98 Å². The molecular weight excluding hydrogens is 294 g/mol. The summed E-state index contributed by atoms with van der Waals surface area (Å²) in [5.41, 5.74) is 6.27. The lowest BCUT2D eigenvalue weighted by Crippen LogP contribution is -2.30. The standard InChI is InChI=1S/C17H19N3O3/c1-10-13(16(21)23-17(2,3)4)14(11-6-5-7-20-9-11)12(8-18)15(19)22-10/h5-7,9,14H,19H2,1-4H3/t14-/m0/s1. The van der Waals surface area contributed by atoms with E-state index in [1.807, 2.05) is 6.07 Å². The molecule has 0 aromatic carbocycles. The van der Waals surface area contributed by atoms with Crippen LogP contribution in [0.4, 0.5) is 0 Å². The summed E-state index contributed by atoms with van der Waals surface area (Å²) in [5.74, 6) is -0.878. The Bertz CT molecular complexity index is 722. The van der Waals surface area contributed by atoms with Crippen molar-refractivity contribution in [3.63, 3.8) is 0 Å². The molecule has 1 aromatic rings. The van der Waals surface area contributed by atoms with Crippen LogP contribution in [-0.4, -0.2) is 16.6 Å². The van der Waals surface area contributed by atoms with Crippen molar-refractivity contribution in [3.05, 3.63) is 52.9 Å². The molecule has 0 radical (unpaired) electrons. The van der Waals surface area contributed by atoms with Crippen LogP contribution in [-0.2, 0) is 14.3 Å². The second-order valence-corrected chi connectivity index (χ2v) is 6.18. The second kappa shape index (κ2) is 6.13. The summed E-state index contributed by atoms with van der Waals surface area (Å²) in [6.07, 6.45) is 3.21. The summed E-state index contributed by atoms with van der Waals surface area (Å²) in [7, 11) is 0. The normalized spacial score (nSPS) is 18.3. The molecule has 0 fully saturated rings. The molecule has 120 valence electrons. The molecule has 2 rings (SSSR count). The van der Waals surface area contributed by atoms with Gasteiger partial charge in [0.2, 0.25) is 5.88 Å². The molecule has 0 unspecified atom stereocenters. The summed E-state index contributed by atoms with van der Waals surface area (Å²) >= 11 is 0. The monoisotopic (exact) mass is 313 g/mol. The Balaban J connectivity index is 2.55. The van der Waals surface area contributed by atoms with Crippen LogP contribution >= 0.6 is 0 Å². The number of hydrogen-bond acceptors (Lipinski definition) is 6. The minimum Gasteiger partial charge on any atom is -0.456 e. The first-order valence-corrected chi connectivity index (χ1v) is 7.16. The van der Waals surface area contributed by atoms with Gasteiger partial charge in [-0.25, -0.2) is 4.79 Å². The Morgan fingerprint density at radius 2 is 2.17 bits per heavy atom. The Kier molecular flexibility index (Phi) is 4.41. The minimum atomic E-state index is -0.663. The van der Waals surface area contributed by atoms with E-state index < -0.39 is 17.5 Å². The number of esters is 1. The zero-order valence-electron chi connectivity index (χ0n) is 13.6. The van der Waals surface area contributed by atoms with Gasteiger partial charge in [-0.05, 0) is 39.3 Å². The van der Waals surface area contributed by atoms with E-state index in [1.165, 1.54) is 0 Å². The fourth-order valence-electron chi connectivity index (χ4n) is 2.36. The number of rotatable bonds is 2. The molecular formula is C17H19N3O3. The van der Waals surface area contributed by atoms with Crippen LogP contribution in [0.3, 0.4) is 0 Å². The molecule has 0 amide bonds. The van der Waals surface area contributed by atoms with E-state index in [2.05, 4.69) is 4.98 Å². The van der Waals surface area contributed by atoms with E-state index in [-0.39, 0.29) is 17.0 Å². The van der Waals surface area contributed by atoms with Gasteiger partial charge in [0, 0.05) is 12.4 Å². The van der Waals surface area contributed by atoms with Crippen molar-refractivity contribution < 1.29 is 14.3 Å². The van der Waals surface area contributed by atoms with Gasteiger partial charge in [-0.1, -0.05) is 6.07 Å². The first-order chi connectivity index (χ1) is 10.7. The molecule has 0 spiro atoms. The molecule has 2 heterocycles. The number of ether oxygens (including phenoxy) is 2. The van der Waals surface area contributed by atoms with Crippen molar-refractivity contribution in [2.45, 2.75) is 39.2 Å². The zero-order chi connectivity index (χ0) is 17.2. The molecule has 6 nitrogen and oxygen atoms in total. The van der Waals surface area contributed by atoms with Gasteiger partial charge in [-0.2, -0.15) is 5.26 Å². The average molecular weight is 313 g/mol. The quantitative estimate of drug-likeness (QED) is 0.842. The lowest BCUT2D eigenvalue weighted by molar-refractivity contribution is -0.150. The van der Waals surface area contributed by atoms with Crippen molar-refractivity contribution >= 4 is 5.97 Å². The van der Waals surface area contributed by atoms with Crippen LogP contribution in [0.15, 0.2) is 47.3 Å².